The highest BCUT2D eigenvalue weighted by molar-refractivity contribution is 7.18. The number of hydrogen-bond acceptors (Lipinski definition) is 6. The van der Waals surface area contributed by atoms with Crippen LogP contribution in [-0.2, 0) is 13.1 Å². The van der Waals surface area contributed by atoms with Crippen molar-refractivity contribution in [3.63, 3.8) is 0 Å². The van der Waals surface area contributed by atoms with E-state index < -0.39 is 0 Å². The highest BCUT2D eigenvalue weighted by Crippen LogP contribution is 2.33. The number of hydrogen-bond donors (Lipinski definition) is 2. The standard InChI is InChI=1S/C23H22FN5O2S2/c24-16-5-3-15(4-6-16)12-25-23(31)29-9-7-28(8-10-29)13-19-26-21(30)20-17(14-33-22(20)27-19)18-2-1-11-32-18/h1-6,11,14H,7-10,12-13H2,(H,25,31)(H,26,27,30). The van der Waals surface area contributed by atoms with E-state index in [0.29, 0.717) is 50.5 Å². The Morgan fingerprint density at radius 2 is 1.91 bits per heavy atom. The molecule has 170 valence electrons. The van der Waals surface area contributed by atoms with Crippen LogP contribution in [0.4, 0.5) is 9.18 Å². The van der Waals surface area contributed by atoms with E-state index >= 15 is 0 Å². The predicted molar refractivity (Wildman–Crippen MR) is 129 cm³/mol. The van der Waals surface area contributed by atoms with Gasteiger partial charge >= 0.3 is 6.03 Å². The van der Waals surface area contributed by atoms with Crippen LogP contribution in [0.25, 0.3) is 20.7 Å². The molecule has 1 aromatic carbocycles. The molecule has 0 unspecified atom stereocenters. The Kier molecular flexibility index (Phi) is 6.21. The number of carbonyl (C=O) groups is 1. The summed E-state index contributed by atoms with van der Waals surface area (Å²) in [5.41, 5.74) is 1.67. The monoisotopic (exact) mass is 483 g/mol. The molecule has 3 aromatic heterocycles. The first-order valence-electron chi connectivity index (χ1n) is 10.6. The van der Waals surface area contributed by atoms with Crippen molar-refractivity contribution < 1.29 is 9.18 Å². The van der Waals surface area contributed by atoms with Gasteiger partial charge in [0.25, 0.3) is 5.56 Å². The summed E-state index contributed by atoms with van der Waals surface area (Å²) in [4.78, 5) is 38.6. The SMILES string of the molecule is O=C(NCc1ccc(F)cc1)N1CCN(Cc2nc3scc(-c4cccs4)c3c(=O)[nH]2)CC1. The molecule has 1 aliphatic heterocycles. The van der Waals surface area contributed by atoms with Gasteiger partial charge in [0.1, 0.15) is 16.5 Å². The zero-order chi connectivity index (χ0) is 22.8. The van der Waals surface area contributed by atoms with Crippen LogP contribution >= 0.6 is 22.7 Å². The first kappa shape index (κ1) is 21.7. The van der Waals surface area contributed by atoms with E-state index in [0.717, 1.165) is 20.8 Å². The number of nitrogens with zero attached hydrogens (tertiary/aromatic N) is 3. The van der Waals surface area contributed by atoms with Crippen LogP contribution in [0.15, 0.2) is 52.0 Å². The Balaban J connectivity index is 1.17. The average molecular weight is 484 g/mol. The Bertz CT molecular complexity index is 1310. The maximum Gasteiger partial charge on any atom is 0.317 e. The van der Waals surface area contributed by atoms with Gasteiger partial charge in [-0.1, -0.05) is 18.2 Å². The lowest BCUT2D eigenvalue weighted by molar-refractivity contribution is 0.133. The Morgan fingerprint density at radius 3 is 2.64 bits per heavy atom. The summed E-state index contributed by atoms with van der Waals surface area (Å²) in [6, 6.07) is 9.94. The lowest BCUT2D eigenvalue weighted by atomic mass is 10.2. The van der Waals surface area contributed by atoms with E-state index in [1.807, 2.05) is 22.9 Å². The number of carbonyl (C=O) groups excluding carboxylic acids is 1. The minimum atomic E-state index is -0.293. The van der Waals surface area contributed by atoms with Crippen LogP contribution in [0.5, 0.6) is 0 Å². The zero-order valence-electron chi connectivity index (χ0n) is 17.7. The highest BCUT2D eigenvalue weighted by Gasteiger charge is 2.22. The molecule has 1 saturated heterocycles. The van der Waals surface area contributed by atoms with Crippen LogP contribution in [0.1, 0.15) is 11.4 Å². The summed E-state index contributed by atoms with van der Waals surface area (Å²) in [5.74, 6) is 0.347. The molecular formula is C23H22FN5O2S2. The Morgan fingerprint density at radius 1 is 1.12 bits per heavy atom. The van der Waals surface area contributed by atoms with Crippen LogP contribution in [-0.4, -0.2) is 52.0 Å². The lowest BCUT2D eigenvalue weighted by Gasteiger charge is -2.34. The van der Waals surface area contributed by atoms with Gasteiger partial charge in [0, 0.05) is 48.5 Å². The first-order valence-corrected chi connectivity index (χ1v) is 12.4. The van der Waals surface area contributed by atoms with Crippen molar-refractivity contribution in [2.75, 3.05) is 26.2 Å². The molecule has 0 radical (unpaired) electrons. The number of fused-ring (bicyclic) bond motifs is 1. The fourth-order valence-electron chi connectivity index (χ4n) is 3.89. The van der Waals surface area contributed by atoms with Crippen molar-refractivity contribution in [1.82, 2.24) is 25.1 Å². The number of thiophene rings is 2. The maximum atomic E-state index is 13.0. The Hall–Kier alpha value is -3.08. The van der Waals surface area contributed by atoms with E-state index in [2.05, 4.69) is 15.2 Å². The molecule has 33 heavy (non-hydrogen) atoms. The molecule has 10 heteroatoms. The fourth-order valence-corrected chi connectivity index (χ4v) is 5.68. The van der Waals surface area contributed by atoms with Crippen molar-refractivity contribution in [1.29, 1.82) is 0 Å². The van der Waals surface area contributed by atoms with Gasteiger partial charge in [-0.3, -0.25) is 9.69 Å². The minimum Gasteiger partial charge on any atom is -0.334 e. The van der Waals surface area contributed by atoms with E-state index in [4.69, 9.17) is 4.98 Å². The molecule has 5 rings (SSSR count). The molecule has 0 atom stereocenters. The first-order chi connectivity index (χ1) is 16.1. The lowest BCUT2D eigenvalue weighted by Crippen LogP contribution is -2.51. The van der Waals surface area contributed by atoms with E-state index in [-0.39, 0.29) is 17.4 Å². The smallest absolute Gasteiger partial charge is 0.317 e. The molecule has 2 amide bonds. The van der Waals surface area contributed by atoms with Crippen molar-refractivity contribution in [2.24, 2.45) is 0 Å². The van der Waals surface area contributed by atoms with Gasteiger partial charge in [-0.15, -0.1) is 22.7 Å². The van der Waals surface area contributed by atoms with Crippen LogP contribution in [0, 0.1) is 5.82 Å². The van der Waals surface area contributed by atoms with Gasteiger partial charge in [0.2, 0.25) is 0 Å². The molecule has 0 saturated carbocycles. The number of nitrogens with one attached hydrogen (secondary N) is 2. The van der Waals surface area contributed by atoms with Gasteiger partial charge in [0.15, 0.2) is 0 Å². The summed E-state index contributed by atoms with van der Waals surface area (Å²) in [7, 11) is 0. The minimum absolute atomic E-state index is 0.113. The maximum absolute atomic E-state index is 13.0. The normalized spacial score (nSPS) is 14.6. The quantitative estimate of drug-likeness (QED) is 0.452. The van der Waals surface area contributed by atoms with Gasteiger partial charge in [-0.2, -0.15) is 0 Å². The van der Waals surface area contributed by atoms with Gasteiger partial charge in [-0.25, -0.2) is 14.2 Å². The number of rotatable bonds is 5. The number of halogens is 1. The number of piperazine rings is 1. The van der Waals surface area contributed by atoms with Gasteiger partial charge < -0.3 is 15.2 Å². The molecule has 4 heterocycles. The molecule has 1 fully saturated rings. The number of H-pyrrole nitrogens is 1. The summed E-state index contributed by atoms with van der Waals surface area (Å²) in [5, 5.41) is 7.52. The summed E-state index contributed by atoms with van der Waals surface area (Å²) in [6.07, 6.45) is 0. The van der Waals surface area contributed by atoms with Crippen molar-refractivity contribution in [3.8, 4) is 10.4 Å². The summed E-state index contributed by atoms with van der Waals surface area (Å²) >= 11 is 3.09. The molecule has 0 spiro atoms. The van der Waals surface area contributed by atoms with Crippen LogP contribution in [0.3, 0.4) is 0 Å². The molecular weight excluding hydrogens is 461 g/mol. The number of amides is 2. The van der Waals surface area contributed by atoms with Crippen molar-refractivity contribution in [2.45, 2.75) is 13.1 Å². The Labute approximate surface area is 197 Å². The van der Waals surface area contributed by atoms with Gasteiger partial charge in [0.05, 0.1) is 11.9 Å². The van der Waals surface area contributed by atoms with Crippen molar-refractivity contribution in [3.05, 3.63) is 74.7 Å². The number of benzene rings is 1. The summed E-state index contributed by atoms with van der Waals surface area (Å²) in [6.45, 7) is 3.45. The van der Waals surface area contributed by atoms with Crippen LogP contribution in [0.2, 0.25) is 0 Å². The largest absolute Gasteiger partial charge is 0.334 e. The average Bonchev–Trinajstić information content (AvgIpc) is 3.49. The van der Waals surface area contributed by atoms with E-state index in [1.54, 1.807) is 28.4 Å². The molecule has 1 aliphatic rings. The molecule has 0 aliphatic carbocycles. The van der Waals surface area contributed by atoms with E-state index in [9.17, 15) is 14.0 Å². The number of aromatic amines is 1. The third-order valence-electron chi connectivity index (χ3n) is 5.67. The second kappa shape index (κ2) is 9.42. The molecule has 0 bridgehead atoms. The van der Waals surface area contributed by atoms with Gasteiger partial charge in [-0.05, 0) is 29.1 Å². The van der Waals surface area contributed by atoms with Crippen LogP contribution < -0.4 is 10.9 Å². The molecule has 7 nitrogen and oxygen atoms in total. The second-order valence-electron chi connectivity index (χ2n) is 7.87. The third-order valence-corrected chi connectivity index (χ3v) is 7.44. The summed E-state index contributed by atoms with van der Waals surface area (Å²) < 4.78 is 13.0. The third kappa shape index (κ3) is 4.82. The number of urea groups is 1. The molecule has 4 aromatic rings. The fraction of sp³-hybridized carbons (Fsp3) is 0.261. The second-order valence-corrected chi connectivity index (χ2v) is 9.67. The highest BCUT2D eigenvalue weighted by atomic mass is 32.1. The zero-order valence-corrected chi connectivity index (χ0v) is 19.3. The predicted octanol–water partition coefficient (Wildman–Crippen LogP) is 3.88. The molecule has 2 N–H and O–H groups in total. The van der Waals surface area contributed by atoms with E-state index in [1.165, 1.54) is 23.5 Å². The number of aromatic nitrogens is 2. The van der Waals surface area contributed by atoms with Crippen molar-refractivity contribution >= 4 is 38.9 Å². The topological polar surface area (TPSA) is 81.3 Å².